The van der Waals surface area contributed by atoms with Gasteiger partial charge in [0, 0.05) is 22.9 Å². The first-order valence-electron chi connectivity index (χ1n) is 7.57. The van der Waals surface area contributed by atoms with E-state index in [1.165, 1.54) is 21.7 Å². The van der Waals surface area contributed by atoms with Crippen LogP contribution in [-0.2, 0) is 22.6 Å². The number of hydrogen-bond donors (Lipinski definition) is 1. The predicted molar refractivity (Wildman–Crippen MR) is 86.4 cm³/mol. The van der Waals surface area contributed by atoms with Crippen LogP contribution in [0.1, 0.15) is 42.5 Å². The topological polar surface area (TPSA) is 30.5 Å². The first-order chi connectivity index (χ1) is 9.63. The Hall–Kier alpha value is -0.420. The van der Waals surface area contributed by atoms with Crippen molar-refractivity contribution < 1.29 is 9.47 Å². The summed E-state index contributed by atoms with van der Waals surface area (Å²) < 4.78 is 11.2. The van der Waals surface area contributed by atoms with Gasteiger partial charge >= 0.3 is 0 Å². The molecule has 0 aliphatic rings. The van der Waals surface area contributed by atoms with Gasteiger partial charge < -0.3 is 14.8 Å². The summed E-state index contributed by atoms with van der Waals surface area (Å²) in [5.74, 6) is 0.590. The van der Waals surface area contributed by atoms with E-state index in [1.807, 2.05) is 11.3 Å². The summed E-state index contributed by atoms with van der Waals surface area (Å²) in [4.78, 5) is 2.76. The first-order valence-corrected chi connectivity index (χ1v) is 8.39. The lowest BCUT2D eigenvalue weighted by atomic mass is 10.2. The van der Waals surface area contributed by atoms with Gasteiger partial charge in [-0.05, 0) is 37.4 Å². The molecule has 1 heterocycles. The monoisotopic (exact) mass is 299 g/mol. The Balaban J connectivity index is 2.19. The van der Waals surface area contributed by atoms with Crippen LogP contribution in [0.2, 0.25) is 0 Å². The summed E-state index contributed by atoms with van der Waals surface area (Å²) in [6, 6.07) is 2.26. The molecule has 0 saturated heterocycles. The molecule has 4 heteroatoms. The molecule has 1 aromatic heterocycles. The fraction of sp³-hybridized carbons (Fsp3) is 0.750. The minimum Gasteiger partial charge on any atom is -0.379 e. The molecule has 0 radical (unpaired) electrons. The molecule has 0 atom stereocenters. The summed E-state index contributed by atoms with van der Waals surface area (Å²) in [6.45, 7) is 13.6. The van der Waals surface area contributed by atoms with Gasteiger partial charge in [0.1, 0.15) is 0 Å². The van der Waals surface area contributed by atoms with E-state index in [4.69, 9.17) is 9.47 Å². The van der Waals surface area contributed by atoms with Crippen LogP contribution in [0.4, 0.5) is 0 Å². The van der Waals surface area contributed by atoms with E-state index in [1.54, 1.807) is 0 Å². The van der Waals surface area contributed by atoms with Gasteiger partial charge in [0.05, 0.1) is 19.8 Å². The number of hydrogen-bond acceptors (Lipinski definition) is 4. The SMILES string of the molecule is CCCNCc1cc(COCCOCC(C)C)c(C)s1. The Kier molecular flexibility index (Phi) is 9.10. The predicted octanol–water partition coefficient (Wildman–Crippen LogP) is 3.75. The van der Waals surface area contributed by atoms with Gasteiger partial charge in [-0.25, -0.2) is 0 Å². The average molecular weight is 299 g/mol. The zero-order valence-electron chi connectivity index (χ0n) is 13.3. The van der Waals surface area contributed by atoms with E-state index in [2.05, 4.69) is 39.1 Å². The molecule has 0 fully saturated rings. The molecule has 0 amide bonds. The van der Waals surface area contributed by atoms with Crippen LogP contribution >= 0.6 is 11.3 Å². The van der Waals surface area contributed by atoms with E-state index in [0.717, 1.165) is 19.7 Å². The number of nitrogens with one attached hydrogen (secondary N) is 1. The van der Waals surface area contributed by atoms with Crippen molar-refractivity contribution in [3.05, 3.63) is 21.4 Å². The quantitative estimate of drug-likeness (QED) is 0.631. The van der Waals surface area contributed by atoms with Crippen molar-refractivity contribution in [2.24, 2.45) is 5.92 Å². The van der Waals surface area contributed by atoms with E-state index < -0.39 is 0 Å². The highest BCUT2D eigenvalue weighted by atomic mass is 32.1. The summed E-state index contributed by atoms with van der Waals surface area (Å²) in [7, 11) is 0. The zero-order chi connectivity index (χ0) is 14.8. The van der Waals surface area contributed by atoms with Crippen molar-refractivity contribution in [1.29, 1.82) is 0 Å². The van der Waals surface area contributed by atoms with Crippen LogP contribution in [0.3, 0.4) is 0 Å². The van der Waals surface area contributed by atoms with Crippen LogP contribution in [0.5, 0.6) is 0 Å². The van der Waals surface area contributed by atoms with Crippen molar-refractivity contribution in [2.75, 3.05) is 26.4 Å². The molecule has 0 unspecified atom stereocenters. The minimum absolute atomic E-state index is 0.590. The summed E-state index contributed by atoms with van der Waals surface area (Å²) in [5, 5.41) is 3.44. The Bertz CT molecular complexity index is 363. The van der Waals surface area contributed by atoms with Crippen LogP contribution in [0, 0.1) is 12.8 Å². The van der Waals surface area contributed by atoms with Crippen LogP contribution in [0.15, 0.2) is 6.07 Å². The number of thiophene rings is 1. The fourth-order valence-corrected chi connectivity index (χ4v) is 2.84. The molecule has 1 rings (SSSR count). The summed E-state index contributed by atoms with van der Waals surface area (Å²) in [6.07, 6.45) is 1.18. The van der Waals surface area contributed by atoms with E-state index in [-0.39, 0.29) is 0 Å². The maximum absolute atomic E-state index is 5.68. The second kappa shape index (κ2) is 10.3. The Morgan fingerprint density at radius 3 is 2.70 bits per heavy atom. The van der Waals surface area contributed by atoms with Gasteiger partial charge in [-0.1, -0.05) is 20.8 Å². The second-order valence-electron chi connectivity index (χ2n) is 5.49. The van der Waals surface area contributed by atoms with Gasteiger partial charge in [-0.3, -0.25) is 0 Å². The Labute approximate surface area is 127 Å². The molecule has 1 N–H and O–H groups in total. The van der Waals surface area contributed by atoms with Gasteiger partial charge in [-0.2, -0.15) is 0 Å². The smallest absolute Gasteiger partial charge is 0.0728 e. The lowest BCUT2D eigenvalue weighted by Crippen LogP contribution is -2.12. The van der Waals surface area contributed by atoms with Gasteiger partial charge in [0.15, 0.2) is 0 Å². The summed E-state index contributed by atoms with van der Waals surface area (Å²) in [5.41, 5.74) is 1.31. The molecule has 0 bridgehead atoms. The maximum Gasteiger partial charge on any atom is 0.0728 e. The third-order valence-electron chi connectivity index (χ3n) is 2.88. The third-order valence-corrected chi connectivity index (χ3v) is 3.97. The van der Waals surface area contributed by atoms with Crippen LogP contribution < -0.4 is 5.32 Å². The number of aryl methyl sites for hydroxylation is 1. The third kappa shape index (κ3) is 7.39. The van der Waals surface area contributed by atoms with Crippen LogP contribution in [-0.4, -0.2) is 26.4 Å². The standard InChI is InChI=1S/C16H29NO2S/c1-5-6-17-10-16-9-15(14(4)20-16)12-19-8-7-18-11-13(2)3/h9,13,17H,5-8,10-12H2,1-4H3. The molecular formula is C16H29NO2S. The molecule has 0 aromatic carbocycles. The molecule has 20 heavy (non-hydrogen) atoms. The fourth-order valence-electron chi connectivity index (χ4n) is 1.83. The summed E-state index contributed by atoms with van der Waals surface area (Å²) >= 11 is 1.86. The normalized spacial score (nSPS) is 11.4. The molecular weight excluding hydrogens is 270 g/mol. The lowest BCUT2D eigenvalue weighted by molar-refractivity contribution is 0.0314. The minimum atomic E-state index is 0.590. The van der Waals surface area contributed by atoms with Crippen molar-refractivity contribution in [1.82, 2.24) is 5.32 Å². The highest BCUT2D eigenvalue weighted by Crippen LogP contribution is 2.22. The molecule has 1 aromatic rings. The molecule has 0 spiro atoms. The Morgan fingerprint density at radius 2 is 2.00 bits per heavy atom. The zero-order valence-corrected chi connectivity index (χ0v) is 14.1. The molecule has 0 saturated carbocycles. The molecule has 0 aliphatic carbocycles. The molecule has 0 aliphatic heterocycles. The van der Waals surface area contributed by atoms with E-state index in [0.29, 0.717) is 25.7 Å². The number of rotatable bonds is 11. The molecule has 3 nitrogen and oxygen atoms in total. The van der Waals surface area contributed by atoms with Crippen molar-refractivity contribution in [3.8, 4) is 0 Å². The Morgan fingerprint density at radius 1 is 1.25 bits per heavy atom. The van der Waals surface area contributed by atoms with Gasteiger partial charge in [0.2, 0.25) is 0 Å². The maximum atomic E-state index is 5.68. The van der Waals surface area contributed by atoms with Crippen molar-refractivity contribution in [3.63, 3.8) is 0 Å². The first kappa shape index (κ1) is 17.6. The number of ether oxygens (including phenoxy) is 2. The van der Waals surface area contributed by atoms with E-state index >= 15 is 0 Å². The highest BCUT2D eigenvalue weighted by Gasteiger charge is 2.05. The van der Waals surface area contributed by atoms with Gasteiger partial charge in [-0.15, -0.1) is 11.3 Å². The molecule has 116 valence electrons. The average Bonchev–Trinajstić information content (AvgIpc) is 2.74. The second-order valence-corrected chi connectivity index (χ2v) is 6.83. The van der Waals surface area contributed by atoms with Crippen LogP contribution in [0.25, 0.3) is 0 Å². The van der Waals surface area contributed by atoms with Crippen molar-refractivity contribution >= 4 is 11.3 Å². The van der Waals surface area contributed by atoms with Gasteiger partial charge in [0.25, 0.3) is 0 Å². The van der Waals surface area contributed by atoms with Crippen molar-refractivity contribution in [2.45, 2.75) is 47.3 Å². The largest absolute Gasteiger partial charge is 0.379 e. The van der Waals surface area contributed by atoms with E-state index in [9.17, 15) is 0 Å². The highest BCUT2D eigenvalue weighted by molar-refractivity contribution is 7.12. The lowest BCUT2D eigenvalue weighted by Gasteiger charge is -2.07.